The maximum atomic E-state index is 12.3. The SMILES string of the molecule is CC1(C)CC[C@]23CC[C@]4(C)[C@H](CC[C@@H]5[C@@]6(C)CC(=O)O[C@H]6CC[C@]54C)[C@@H]2[C@H]1OC3. The van der Waals surface area contributed by atoms with Gasteiger partial charge < -0.3 is 9.47 Å². The molecule has 29 heavy (non-hydrogen) atoms. The van der Waals surface area contributed by atoms with Gasteiger partial charge in [0, 0.05) is 5.41 Å². The zero-order valence-corrected chi connectivity index (χ0v) is 19.2. The fraction of sp³-hybridized carbons (Fsp3) is 0.962. The first-order valence-corrected chi connectivity index (χ1v) is 12.4. The van der Waals surface area contributed by atoms with E-state index in [9.17, 15) is 4.79 Å². The fourth-order valence-corrected chi connectivity index (χ4v) is 10.2. The summed E-state index contributed by atoms with van der Waals surface area (Å²) in [5.74, 6) is 2.19. The van der Waals surface area contributed by atoms with Crippen molar-refractivity contribution < 1.29 is 14.3 Å². The van der Waals surface area contributed by atoms with Crippen molar-refractivity contribution in [1.29, 1.82) is 0 Å². The van der Waals surface area contributed by atoms with E-state index in [1.165, 1.54) is 44.9 Å². The van der Waals surface area contributed by atoms with E-state index in [0.29, 0.717) is 40.1 Å². The lowest BCUT2D eigenvalue weighted by Crippen LogP contribution is -2.65. The molecule has 2 bridgehead atoms. The van der Waals surface area contributed by atoms with E-state index in [2.05, 4.69) is 34.6 Å². The van der Waals surface area contributed by atoms with Gasteiger partial charge in [-0.3, -0.25) is 4.79 Å². The summed E-state index contributed by atoms with van der Waals surface area (Å²) < 4.78 is 12.5. The van der Waals surface area contributed by atoms with Crippen LogP contribution in [0, 0.1) is 44.8 Å². The molecule has 9 atom stereocenters. The largest absolute Gasteiger partial charge is 0.462 e. The third-order valence-corrected chi connectivity index (χ3v) is 12.1. The van der Waals surface area contributed by atoms with Crippen molar-refractivity contribution in [2.75, 3.05) is 6.61 Å². The Hall–Kier alpha value is -0.570. The fourth-order valence-electron chi connectivity index (χ4n) is 10.2. The summed E-state index contributed by atoms with van der Waals surface area (Å²) in [6.45, 7) is 13.6. The normalized spacial score (nSPS) is 59.9. The van der Waals surface area contributed by atoms with Crippen LogP contribution in [-0.4, -0.2) is 24.8 Å². The van der Waals surface area contributed by atoms with E-state index < -0.39 is 0 Å². The van der Waals surface area contributed by atoms with Gasteiger partial charge in [-0.05, 0) is 90.8 Å². The van der Waals surface area contributed by atoms with Crippen molar-refractivity contribution in [3.63, 3.8) is 0 Å². The van der Waals surface area contributed by atoms with Gasteiger partial charge in [-0.25, -0.2) is 0 Å². The molecule has 0 aromatic carbocycles. The lowest BCUT2D eigenvalue weighted by atomic mass is 9.34. The Morgan fingerprint density at radius 3 is 2.41 bits per heavy atom. The second-order valence-corrected chi connectivity index (χ2v) is 13.4. The maximum Gasteiger partial charge on any atom is 0.306 e. The molecule has 162 valence electrons. The summed E-state index contributed by atoms with van der Waals surface area (Å²) in [6.07, 6.45) is 11.6. The van der Waals surface area contributed by atoms with Crippen molar-refractivity contribution in [2.24, 2.45) is 44.8 Å². The zero-order valence-electron chi connectivity index (χ0n) is 19.2. The number of carbonyl (C=O) groups is 1. The average molecular weight is 401 g/mol. The summed E-state index contributed by atoms with van der Waals surface area (Å²) >= 11 is 0. The molecule has 6 aliphatic rings. The molecule has 0 spiro atoms. The minimum absolute atomic E-state index is 0.0501. The van der Waals surface area contributed by atoms with Crippen LogP contribution in [0.4, 0.5) is 0 Å². The minimum atomic E-state index is 0.0501. The molecule has 4 aliphatic carbocycles. The van der Waals surface area contributed by atoms with Crippen LogP contribution in [0.5, 0.6) is 0 Å². The monoisotopic (exact) mass is 400 g/mol. The summed E-state index contributed by atoms with van der Waals surface area (Å²) in [5, 5.41) is 0. The molecule has 3 nitrogen and oxygen atoms in total. The first kappa shape index (κ1) is 19.1. The lowest BCUT2D eigenvalue weighted by Gasteiger charge is -2.70. The van der Waals surface area contributed by atoms with Crippen molar-refractivity contribution in [3.8, 4) is 0 Å². The highest BCUT2D eigenvalue weighted by atomic mass is 16.6. The third-order valence-electron chi connectivity index (χ3n) is 12.1. The number of esters is 1. The molecule has 0 N–H and O–H groups in total. The molecule has 0 radical (unpaired) electrons. The predicted molar refractivity (Wildman–Crippen MR) is 112 cm³/mol. The molecule has 0 aromatic heterocycles. The lowest BCUT2D eigenvalue weighted by molar-refractivity contribution is -0.225. The van der Waals surface area contributed by atoms with Crippen LogP contribution in [-0.2, 0) is 14.3 Å². The van der Waals surface area contributed by atoms with Crippen molar-refractivity contribution >= 4 is 5.97 Å². The second kappa shape index (κ2) is 5.43. The van der Waals surface area contributed by atoms with Gasteiger partial charge in [0.2, 0.25) is 0 Å². The second-order valence-electron chi connectivity index (χ2n) is 13.4. The Balaban J connectivity index is 1.41. The van der Waals surface area contributed by atoms with E-state index >= 15 is 0 Å². The molecular formula is C26H40O3. The molecule has 4 saturated carbocycles. The molecule has 0 unspecified atom stereocenters. The van der Waals surface area contributed by atoms with E-state index in [4.69, 9.17) is 9.47 Å². The number of rotatable bonds is 0. The molecular weight excluding hydrogens is 360 g/mol. The van der Waals surface area contributed by atoms with E-state index in [1.807, 2.05) is 0 Å². The van der Waals surface area contributed by atoms with Gasteiger partial charge in [-0.2, -0.15) is 0 Å². The molecule has 2 heterocycles. The molecule has 0 amide bonds. The Kier molecular flexibility index (Phi) is 3.58. The first-order chi connectivity index (χ1) is 13.6. The Bertz CT molecular complexity index is 759. The van der Waals surface area contributed by atoms with Crippen LogP contribution in [0.1, 0.15) is 92.4 Å². The summed E-state index contributed by atoms with van der Waals surface area (Å²) in [5.41, 5.74) is 1.51. The van der Waals surface area contributed by atoms with E-state index in [0.717, 1.165) is 24.9 Å². The average Bonchev–Trinajstić information content (AvgIpc) is 3.14. The minimum Gasteiger partial charge on any atom is -0.462 e. The molecule has 6 fully saturated rings. The quantitative estimate of drug-likeness (QED) is 0.485. The zero-order chi connectivity index (χ0) is 20.4. The van der Waals surface area contributed by atoms with Crippen LogP contribution < -0.4 is 0 Å². The molecule has 0 aromatic rings. The summed E-state index contributed by atoms with van der Waals surface area (Å²) in [4.78, 5) is 12.3. The molecule has 2 aliphatic heterocycles. The number of carbonyl (C=O) groups excluding carboxylic acids is 1. The Morgan fingerprint density at radius 2 is 1.62 bits per heavy atom. The van der Waals surface area contributed by atoms with Gasteiger partial charge in [0.05, 0.1) is 19.1 Å². The van der Waals surface area contributed by atoms with Crippen LogP contribution in [0.3, 0.4) is 0 Å². The number of hydrogen-bond acceptors (Lipinski definition) is 3. The summed E-state index contributed by atoms with van der Waals surface area (Å²) in [6, 6.07) is 0. The van der Waals surface area contributed by atoms with E-state index in [1.54, 1.807) is 0 Å². The van der Waals surface area contributed by atoms with E-state index in [-0.39, 0.29) is 17.5 Å². The van der Waals surface area contributed by atoms with Crippen molar-refractivity contribution in [2.45, 2.75) is 105 Å². The van der Waals surface area contributed by atoms with Crippen molar-refractivity contribution in [1.82, 2.24) is 0 Å². The van der Waals surface area contributed by atoms with Gasteiger partial charge in [-0.1, -0.05) is 34.6 Å². The highest BCUT2D eigenvalue weighted by molar-refractivity contribution is 5.73. The van der Waals surface area contributed by atoms with Crippen LogP contribution >= 0.6 is 0 Å². The Labute approximate surface area is 176 Å². The number of fused-ring (bicyclic) bond motifs is 5. The molecule has 6 rings (SSSR count). The van der Waals surface area contributed by atoms with Gasteiger partial charge in [0.1, 0.15) is 6.10 Å². The first-order valence-electron chi connectivity index (χ1n) is 12.4. The smallest absolute Gasteiger partial charge is 0.306 e. The van der Waals surface area contributed by atoms with Gasteiger partial charge in [-0.15, -0.1) is 0 Å². The van der Waals surface area contributed by atoms with Crippen LogP contribution in [0.15, 0.2) is 0 Å². The third kappa shape index (κ3) is 2.08. The number of ether oxygens (including phenoxy) is 2. The van der Waals surface area contributed by atoms with Crippen LogP contribution in [0.2, 0.25) is 0 Å². The van der Waals surface area contributed by atoms with Crippen LogP contribution in [0.25, 0.3) is 0 Å². The molecule has 3 heteroatoms. The van der Waals surface area contributed by atoms with Crippen molar-refractivity contribution in [3.05, 3.63) is 0 Å². The van der Waals surface area contributed by atoms with Gasteiger partial charge in [0.25, 0.3) is 0 Å². The standard InChI is InChI=1S/C26H40O3/c1-22(2)10-12-26-13-11-24(4)16(20(26)21(22)28-15-26)6-7-17-23(3)14-19(27)29-18(23)8-9-25(17,24)5/h16-18,20-21H,6-15H2,1-5H3/t16-,17-,18+,20-,21-,23-,24-,25-,26-/m1/s1. The Morgan fingerprint density at radius 1 is 0.862 bits per heavy atom. The number of hydrogen-bond donors (Lipinski definition) is 0. The topological polar surface area (TPSA) is 35.5 Å². The maximum absolute atomic E-state index is 12.3. The summed E-state index contributed by atoms with van der Waals surface area (Å²) in [7, 11) is 0. The van der Waals surface area contributed by atoms with Gasteiger partial charge in [0.15, 0.2) is 0 Å². The highest BCUT2D eigenvalue weighted by Crippen LogP contribution is 2.76. The predicted octanol–water partition coefficient (Wildman–Crippen LogP) is 5.76. The molecule has 2 saturated heterocycles. The van der Waals surface area contributed by atoms with Gasteiger partial charge >= 0.3 is 5.97 Å². The highest BCUT2D eigenvalue weighted by Gasteiger charge is 2.72.